The van der Waals surface area contributed by atoms with Crippen molar-refractivity contribution in [1.29, 1.82) is 0 Å². The molecule has 12 aromatic rings. The first kappa shape index (κ1) is 38.5. The Hall–Kier alpha value is -7.17. The molecule has 0 N–H and O–H groups in total. The Kier molecular flexibility index (Phi) is 10.2. The normalized spacial score (nSPS) is 14.3. The van der Waals surface area contributed by atoms with Gasteiger partial charge in [-0.2, -0.15) is 0 Å². The molecular formula is C67H59IrN3O-2. The standard InChI is InChI=1S/C49H37N2O.C18H22N.Ir/c1-29(2)40-26-35(31-13-6-5-7-14-31)27-41(30(3)4)46(40)51-47-37-18-11-9-16-33(37)23-24-44(47)50-49(51)39-20-12-19-38-43-25-34-22-21-32-15-8-10-17-36(32)42(34)28-45(43)52-48(38)39;1-12-7-8-15(9-13(12)2)17-10-16(18(4,5)6)14(3)11-19-17;/h5-19,21-30H,1-4H3;7-8,10-11H,1-6H3;/q2*-1;/i;1D3,2D3,3D3;. The van der Waals surface area contributed by atoms with E-state index in [0.717, 1.165) is 44.4 Å². The third kappa shape index (κ3) is 8.63. The molecule has 359 valence electrons. The molecule has 0 spiro atoms. The van der Waals surface area contributed by atoms with Crippen molar-refractivity contribution in [2.45, 2.75) is 86.3 Å². The van der Waals surface area contributed by atoms with E-state index in [1.54, 1.807) is 6.07 Å². The summed E-state index contributed by atoms with van der Waals surface area (Å²) < 4.78 is 78.2. The number of aryl methyl sites for hydroxylation is 3. The minimum Gasteiger partial charge on any atom is -0.501 e. The van der Waals surface area contributed by atoms with Gasteiger partial charge in [0.15, 0.2) is 0 Å². The van der Waals surface area contributed by atoms with Gasteiger partial charge >= 0.3 is 0 Å². The van der Waals surface area contributed by atoms with Gasteiger partial charge in [-0.15, -0.1) is 53.1 Å². The monoisotopic (exact) mass is 1120 g/mol. The summed E-state index contributed by atoms with van der Waals surface area (Å²) in [6.07, 6.45) is 1.27. The third-order valence-corrected chi connectivity index (χ3v) is 13.7. The van der Waals surface area contributed by atoms with Gasteiger partial charge < -0.3 is 14.0 Å². The molecule has 3 heterocycles. The topological polar surface area (TPSA) is 43.9 Å². The molecule has 1 radical (unpaired) electrons. The number of hydrogen-bond donors (Lipinski definition) is 0. The van der Waals surface area contributed by atoms with Crippen molar-refractivity contribution in [1.82, 2.24) is 14.5 Å². The molecule has 3 aromatic heterocycles. The van der Waals surface area contributed by atoms with Gasteiger partial charge in [-0.25, -0.2) is 0 Å². The number of pyridine rings is 1. The molecule has 9 aromatic carbocycles. The Labute approximate surface area is 449 Å². The molecule has 0 bridgehead atoms. The van der Waals surface area contributed by atoms with Gasteiger partial charge in [0.25, 0.3) is 0 Å². The van der Waals surface area contributed by atoms with E-state index in [2.05, 4.69) is 183 Å². The number of furan rings is 1. The molecule has 4 nitrogen and oxygen atoms in total. The van der Waals surface area contributed by atoms with Gasteiger partial charge in [-0.1, -0.05) is 176 Å². The molecule has 0 fully saturated rings. The average molecular weight is 1120 g/mol. The van der Waals surface area contributed by atoms with Crippen LogP contribution in [0.5, 0.6) is 0 Å². The maximum absolute atomic E-state index is 7.73. The SMILES string of the molecule is CC(C)c1cc(-c2ccccc2)cc(C(C)C)c1-n1c(-c2[c-]ccc3c2oc2cc4c(ccc5ccccc54)cc23)nc2ccc3ccccc3c21.[2H]C([2H])([2H])c1[c-]c(-c2cc(C(C)(C)C)c(C([2H])([2H])[2H])cn2)ccc1C([2H])([2H])[2H].[Ir]. The van der Waals surface area contributed by atoms with Crippen LogP contribution < -0.4 is 0 Å². The Morgan fingerprint density at radius 3 is 2.00 bits per heavy atom. The first-order valence-electron chi connectivity index (χ1n) is 28.8. The second-order valence-corrected chi connectivity index (χ2v) is 20.2. The number of nitrogens with zero attached hydrogens (tertiary/aromatic N) is 3. The molecule has 0 aliphatic carbocycles. The van der Waals surface area contributed by atoms with Crippen LogP contribution >= 0.6 is 0 Å². The fourth-order valence-corrected chi connectivity index (χ4v) is 10.1. The predicted molar refractivity (Wildman–Crippen MR) is 300 cm³/mol. The summed E-state index contributed by atoms with van der Waals surface area (Å²) in [5.74, 6) is 1.34. The summed E-state index contributed by atoms with van der Waals surface area (Å²) in [5.41, 5.74) is 10.9. The molecule has 0 atom stereocenters. The fourth-order valence-electron chi connectivity index (χ4n) is 10.1. The van der Waals surface area contributed by atoms with Crippen LogP contribution in [0.4, 0.5) is 0 Å². The van der Waals surface area contributed by atoms with Gasteiger partial charge in [0.1, 0.15) is 5.58 Å². The predicted octanol–water partition coefficient (Wildman–Crippen LogP) is 18.5. The average Bonchev–Trinajstić information content (AvgIpc) is 4.24. The summed E-state index contributed by atoms with van der Waals surface area (Å²) >= 11 is 0. The minimum absolute atomic E-state index is 0. The van der Waals surface area contributed by atoms with Crippen LogP contribution in [0.15, 0.2) is 168 Å². The molecule has 0 unspecified atom stereocenters. The molecule has 0 saturated heterocycles. The fraction of sp³-hybridized carbons (Fsp3) is 0.194. The third-order valence-electron chi connectivity index (χ3n) is 13.7. The van der Waals surface area contributed by atoms with Crippen molar-refractivity contribution in [2.75, 3.05) is 0 Å². The first-order valence-corrected chi connectivity index (χ1v) is 24.3. The van der Waals surface area contributed by atoms with Gasteiger partial charge in [-0.3, -0.25) is 4.98 Å². The van der Waals surface area contributed by atoms with Crippen molar-refractivity contribution in [3.8, 4) is 39.5 Å². The zero-order chi connectivity index (χ0) is 56.8. The van der Waals surface area contributed by atoms with Crippen molar-refractivity contribution >= 4 is 65.3 Å². The van der Waals surface area contributed by atoms with E-state index in [1.807, 2.05) is 26.8 Å². The number of benzene rings is 9. The Balaban J connectivity index is 0.000000217. The van der Waals surface area contributed by atoms with Crippen LogP contribution in [0, 0.1) is 32.7 Å². The second kappa shape index (κ2) is 19.1. The van der Waals surface area contributed by atoms with E-state index in [1.165, 1.54) is 78.6 Å². The van der Waals surface area contributed by atoms with E-state index >= 15 is 0 Å². The Morgan fingerprint density at radius 2 is 1.29 bits per heavy atom. The van der Waals surface area contributed by atoms with Crippen LogP contribution in [-0.4, -0.2) is 14.5 Å². The molecule has 0 saturated carbocycles. The van der Waals surface area contributed by atoms with Crippen LogP contribution in [-0.2, 0) is 25.5 Å². The largest absolute Gasteiger partial charge is 0.501 e. The molecular weight excluding hydrogens is 1050 g/mol. The number of imidazole rings is 1. The number of fused-ring (bicyclic) bond motifs is 9. The summed E-state index contributed by atoms with van der Waals surface area (Å²) in [6, 6.07) is 60.8. The molecule has 0 amide bonds. The number of hydrogen-bond acceptors (Lipinski definition) is 3. The van der Waals surface area contributed by atoms with Gasteiger partial charge in [0.05, 0.1) is 22.4 Å². The molecule has 72 heavy (non-hydrogen) atoms. The first-order chi connectivity index (χ1) is 37.9. The van der Waals surface area contributed by atoms with Gasteiger partial charge in [0.2, 0.25) is 0 Å². The van der Waals surface area contributed by atoms with E-state index < -0.39 is 26.0 Å². The molecule has 0 aliphatic rings. The van der Waals surface area contributed by atoms with Crippen LogP contribution in [0.2, 0.25) is 0 Å². The smallest absolute Gasteiger partial charge is 0.121 e. The van der Waals surface area contributed by atoms with E-state index in [-0.39, 0.29) is 48.6 Å². The molecule has 12 rings (SSSR count). The van der Waals surface area contributed by atoms with Gasteiger partial charge in [-0.05, 0) is 120 Å². The molecule has 0 aliphatic heterocycles. The Bertz CT molecular complexity index is 4270. The van der Waals surface area contributed by atoms with E-state index in [4.69, 9.17) is 21.7 Å². The number of rotatable bonds is 6. The second-order valence-electron chi connectivity index (χ2n) is 20.2. The zero-order valence-corrected chi connectivity index (χ0v) is 43.7. The maximum Gasteiger partial charge on any atom is 0.121 e. The maximum atomic E-state index is 7.73. The van der Waals surface area contributed by atoms with Crippen molar-refractivity contribution < 1.29 is 36.9 Å². The van der Waals surface area contributed by atoms with E-state index in [9.17, 15) is 0 Å². The van der Waals surface area contributed by atoms with Crippen LogP contribution in [0.1, 0.15) is 106 Å². The molecule has 5 heteroatoms. The van der Waals surface area contributed by atoms with Crippen LogP contribution in [0.3, 0.4) is 0 Å². The summed E-state index contributed by atoms with van der Waals surface area (Å²) in [6.45, 7) is 7.23. The van der Waals surface area contributed by atoms with Gasteiger partial charge in [0, 0.05) is 55.1 Å². The summed E-state index contributed by atoms with van der Waals surface area (Å²) in [5, 5.41) is 9.36. The summed E-state index contributed by atoms with van der Waals surface area (Å²) in [4.78, 5) is 9.67. The van der Waals surface area contributed by atoms with Crippen molar-refractivity contribution in [3.63, 3.8) is 0 Å². The van der Waals surface area contributed by atoms with Crippen LogP contribution in [0.25, 0.3) is 105 Å². The van der Waals surface area contributed by atoms with Crippen molar-refractivity contribution in [2.24, 2.45) is 0 Å². The zero-order valence-electron chi connectivity index (χ0n) is 50.3. The quantitative estimate of drug-likeness (QED) is 0.123. The number of aromatic nitrogens is 3. The Morgan fingerprint density at radius 1 is 0.611 bits per heavy atom. The minimum atomic E-state index is -2.66. The van der Waals surface area contributed by atoms with E-state index in [0.29, 0.717) is 16.8 Å². The summed E-state index contributed by atoms with van der Waals surface area (Å²) in [7, 11) is 0. The van der Waals surface area contributed by atoms with Crippen molar-refractivity contribution in [3.05, 3.63) is 209 Å².